The number of nitrogens with zero attached hydrogens (tertiary/aromatic N) is 6. The van der Waals surface area contributed by atoms with Gasteiger partial charge in [-0.2, -0.15) is 14.6 Å². The van der Waals surface area contributed by atoms with Crippen LogP contribution in [0, 0.1) is 6.92 Å². The molecule has 4 heterocycles. The third kappa shape index (κ3) is 3.48. The number of aromatic nitrogens is 4. The van der Waals surface area contributed by atoms with Gasteiger partial charge < -0.3 is 9.80 Å². The van der Waals surface area contributed by atoms with Gasteiger partial charge in [-0.1, -0.05) is 20.3 Å². The van der Waals surface area contributed by atoms with Crippen molar-refractivity contribution >= 4 is 28.8 Å². The minimum Gasteiger partial charge on any atom is -0.353 e. The Hall–Kier alpha value is -2.48. The van der Waals surface area contributed by atoms with E-state index in [4.69, 9.17) is 0 Å². The quantitative estimate of drug-likeness (QED) is 0.661. The van der Waals surface area contributed by atoms with Gasteiger partial charge in [-0.3, -0.25) is 4.79 Å². The molecular formula is C20H26N6OS. The number of carbonyl (C=O) groups is 1. The smallest absolute Gasteiger partial charge is 0.264 e. The van der Waals surface area contributed by atoms with E-state index in [2.05, 4.69) is 39.9 Å². The summed E-state index contributed by atoms with van der Waals surface area (Å²) in [7, 11) is 0. The summed E-state index contributed by atoms with van der Waals surface area (Å²) in [5.74, 6) is 1.77. The molecule has 28 heavy (non-hydrogen) atoms. The monoisotopic (exact) mass is 398 g/mol. The zero-order chi connectivity index (χ0) is 19.7. The molecule has 148 valence electrons. The van der Waals surface area contributed by atoms with Gasteiger partial charge in [-0.05, 0) is 31.4 Å². The maximum absolute atomic E-state index is 13.0. The molecule has 0 aromatic carbocycles. The lowest BCUT2D eigenvalue weighted by Gasteiger charge is -2.35. The predicted octanol–water partition coefficient (Wildman–Crippen LogP) is 2.97. The van der Waals surface area contributed by atoms with Gasteiger partial charge in [0.25, 0.3) is 11.7 Å². The number of thiophene rings is 1. The van der Waals surface area contributed by atoms with E-state index < -0.39 is 0 Å². The molecule has 7 nitrogen and oxygen atoms in total. The lowest BCUT2D eigenvalue weighted by molar-refractivity contribution is 0.0751. The molecule has 1 aliphatic heterocycles. The highest BCUT2D eigenvalue weighted by atomic mass is 32.1. The molecule has 4 rings (SSSR count). The summed E-state index contributed by atoms with van der Waals surface area (Å²) in [4.78, 5) is 28.1. The summed E-state index contributed by atoms with van der Waals surface area (Å²) in [6.07, 6.45) is 4.69. The lowest BCUT2D eigenvalue weighted by atomic mass is 10.1. The van der Waals surface area contributed by atoms with Crippen molar-refractivity contribution in [2.24, 2.45) is 0 Å². The van der Waals surface area contributed by atoms with Crippen molar-refractivity contribution in [1.82, 2.24) is 24.5 Å². The summed E-state index contributed by atoms with van der Waals surface area (Å²) >= 11 is 1.68. The third-order valence-corrected chi connectivity index (χ3v) is 6.44. The molecule has 0 bridgehead atoms. The molecule has 0 saturated carbocycles. The first-order valence-electron chi connectivity index (χ1n) is 9.93. The average molecular weight is 399 g/mol. The molecule has 8 heteroatoms. The first-order chi connectivity index (χ1) is 13.6. The molecule has 1 fully saturated rings. The van der Waals surface area contributed by atoms with Gasteiger partial charge in [0.15, 0.2) is 0 Å². The lowest BCUT2D eigenvalue weighted by Crippen LogP contribution is -2.49. The van der Waals surface area contributed by atoms with Crippen LogP contribution in [0.5, 0.6) is 0 Å². The number of hydrogen-bond donors (Lipinski definition) is 0. The predicted molar refractivity (Wildman–Crippen MR) is 111 cm³/mol. The van der Waals surface area contributed by atoms with Crippen LogP contribution in [0.25, 0.3) is 5.78 Å². The van der Waals surface area contributed by atoms with Crippen molar-refractivity contribution in [1.29, 1.82) is 0 Å². The van der Waals surface area contributed by atoms with Gasteiger partial charge >= 0.3 is 0 Å². The minimum absolute atomic E-state index is 0.165. The Morgan fingerprint density at radius 1 is 1.18 bits per heavy atom. The Bertz CT molecular complexity index is 986. The van der Waals surface area contributed by atoms with Gasteiger partial charge in [-0.15, -0.1) is 11.3 Å². The highest BCUT2D eigenvalue weighted by Gasteiger charge is 2.25. The van der Waals surface area contributed by atoms with E-state index in [-0.39, 0.29) is 5.91 Å². The van der Waals surface area contributed by atoms with Crippen LogP contribution in [0.3, 0.4) is 0 Å². The Balaban J connectivity index is 1.48. The van der Waals surface area contributed by atoms with Crippen LogP contribution >= 0.6 is 11.3 Å². The standard InChI is InChI=1S/C20H26N6OS/c1-4-6-16-15(5-2)12-17(28-16)19(27)25-9-7-24(8-10-25)18-11-14(3)23-20-21-13-22-26(18)20/h11-13H,4-10H2,1-3H3. The van der Waals surface area contributed by atoms with Gasteiger partial charge in [0.05, 0.1) is 4.88 Å². The third-order valence-electron chi connectivity index (χ3n) is 5.22. The number of aryl methyl sites for hydroxylation is 3. The second-order valence-corrected chi connectivity index (χ2v) is 8.31. The molecule has 0 aliphatic carbocycles. The van der Waals surface area contributed by atoms with Crippen LogP contribution in [0.15, 0.2) is 18.5 Å². The second kappa shape index (κ2) is 7.87. The summed E-state index contributed by atoms with van der Waals surface area (Å²) in [5, 5.41) is 4.30. The maximum Gasteiger partial charge on any atom is 0.264 e. The number of hydrogen-bond acceptors (Lipinski definition) is 6. The highest BCUT2D eigenvalue weighted by Crippen LogP contribution is 2.26. The zero-order valence-electron chi connectivity index (χ0n) is 16.7. The summed E-state index contributed by atoms with van der Waals surface area (Å²) in [5.41, 5.74) is 2.25. The van der Waals surface area contributed by atoms with Crippen molar-refractivity contribution < 1.29 is 4.79 Å². The minimum atomic E-state index is 0.165. The first-order valence-corrected chi connectivity index (χ1v) is 10.8. The Kier molecular flexibility index (Phi) is 5.30. The number of carbonyl (C=O) groups excluding carboxylic acids is 1. The summed E-state index contributed by atoms with van der Waals surface area (Å²) in [6.45, 7) is 9.28. The van der Waals surface area contributed by atoms with E-state index in [1.54, 1.807) is 15.9 Å². The SMILES string of the molecule is CCCc1sc(C(=O)N2CCN(c3cc(C)nc4ncnn34)CC2)cc1CC. The molecule has 0 spiro atoms. The van der Waals surface area contributed by atoms with Crippen molar-refractivity contribution in [3.8, 4) is 0 Å². The zero-order valence-corrected chi connectivity index (χ0v) is 17.5. The van der Waals surface area contributed by atoms with E-state index in [9.17, 15) is 4.79 Å². The molecule has 1 amide bonds. The van der Waals surface area contributed by atoms with Crippen LogP contribution in [0.2, 0.25) is 0 Å². The normalized spacial score (nSPS) is 14.8. The maximum atomic E-state index is 13.0. The Morgan fingerprint density at radius 3 is 2.68 bits per heavy atom. The van der Waals surface area contributed by atoms with E-state index in [0.717, 1.165) is 48.7 Å². The average Bonchev–Trinajstić information content (AvgIpc) is 3.34. The van der Waals surface area contributed by atoms with Crippen molar-refractivity contribution in [3.63, 3.8) is 0 Å². The Labute approximate surface area is 169 Å². The number of piperazine rings is 1. The Morgan fingerprint density at radius 2 is 1.96 bits per heavy atom. The van der Waals surface area contributed by atoms with Crippen LogP contribution in [-0.4, -0.2) is 56.6 Å². The number of anilines is 1. The fourth-order valence-electron chi connectivity index (χ4n) is 3.74. The molecule has 3 aromatic heterocycles. The number of amides is 1. The largest absolute Gasteiger partial charge is 0.353 e. The van der Waals surface area contributed by atoms with Crippen molar-refractivity contribution in [2.45, 2.75) is 40.0 Å². The van der Waals surface area contributed by atoms with Crippen molar-refractivity contribution in [3.05, 3.63) is 39.5 Å². The fraction of sp³-hybridized carbons (Fsp3) is 0.500. The molecule has 1 saturated heterocycles. The van der Waals surface area contributed by atoms with E-state index >= 15 is 0 Å². The topological polar surface area (TPSA) is 66.6 Å². The number of fused-ring (bicyclic) bond motifs is 1. The fourth-order valence-corrected chi connectivity index (χ4v) is 5.06. The molecule has 0 atom stereocenters. The van der Waals surface area contributed by atoms with Gasteiger partial charge in [-0.25, -0.2) is 4.98 Å². The molecule has 0 radical (unpaired) electrons. The summed E-state index contributed by atoms with van der Waals surface area (Å²) < 4.78 is 1.77. The van der Waals surface area contributed by atoms with E-state index in [1.807, 2.05) is 17.9 Å². The first kappa shape index (κ1) is 18.9. The summed E-state index contributed by atoms with van der Waals surface area (Å²) in [6, 6.07) is 4.14. The molecule has 0 unspecified atom stereocenters. The van der Waals surface area contributed by atoms with Crippen LogP contribution in [0.4, 0.5) is 5.82 Å². The van der Waals surface area contributed by atoms with Gasteiger partial charge in [0.1, 0.15) is 12.1 Å². The van der Waals surface area contributed by atoms with E-state index in [0.29, 0.717) is 18.9 Å². The molecule has 1 aliphatic rings. The molecular weight excluding hydrogens is 372 g/mol. The van der Waals surface area contributed by atoms with Crippen LogP contribution in [0.1, 0.15) is 46.1 Å². The molecule has 3 aromatic rings. The number of rotatable bonds is 5. The van der Waals surface area contributed by atoms with Crippen LogP contribution < -0.4 is 4.90 Å². The second-order valence-electron chi connectivity index (χ2n) is 7.17. The van der Waals surface area contributed by atoms with Crippen LogP contribution in [-0.2, 0) is 12.8 Å². The molecule has 0 N–H and O–H groups in total. The van der Waals surface area contributed by atoms with Crippen molar-refractivity contribution in [2.75, 3.05) is 31.1 Å². The van der Waals surface area contributed by atoms with E-state index in [1.165, 1.54) is 16.8 Å². The van der Waals surface area contributed by atoms with Gasteiger partial charge in [0.2, 0.25) is 0 Å². The highest BCUT2D eigenvalue weighted by molar-refractivity contribution is 7.14. The van der Waals surface area contributed by atoms with Gasteiger partial charge in [0, 0.05) is 42.8 Å².